The van der Waals surface area contributed by atoms with Crippen LogP contribution in [0.2, 0.25) is 0 Å². The molecule has 0 bridgehead atoms. The molecule has 4 aromatic rings. The summed E-state index contributed by atoms with van der Waals surface area (Å²) in [5.41, 5.74) is 0.701. The fourth-order valence-electron chi connectivity index (χ4n) is 2.88. The number of methoxy groups -OCH3 is 1. The van der Waals surface area contributed by atoms with Gasteiger partial charge < -0.3 is 10.1 Å². The number of halogens is 1. The van der Waals surface area contributed by atoms with Gasteiger partial charge in [-0.1, -0.05) is 30.0 Å². The number of carbonyl (C=O) groups is 1. The summed E-state index contributed by atoms with van der Waals surface area (Å²) in [6.07, 6.45) is 3.24. The van der Waals surface area contributed by atoms with Crippen LogP contribution >= 0.6 is 11.8 Å². The molecule has 4 rings (SSSR count). The molecule has 1 amide bonds. The lowest BCUT2D eigenvalue weighted by molar-refractivity contribution is -0.113. The highest BCUT2D eigenvalue weighted by atomic mass is 32.2. The van der Waals surface area contributed by atoms with Crippen LogP contribution in [0.15, 0.2) is 70.9 Å². The minimum absolute atomic E-state index is 0.0207. The molecule has 0 aliphatic carbocycles. The number of thioether (sulfide) groups is 1. The number of hydrogen-bond donors (Lipinski definition) is 1. The van der Waals surface area contributed by atoms with E-state index in [9.17, 15) is 14.0 Å². The van der Waals surface area contributed by atoms with Gasteiger partial charge in [-0.05, 0) is 30.3 Å². The number of hydrogen-bond acceptors (Lipinski definition) is 6. The van der Waals surface area contributed by atoms with Gasteiger partial charge in [0.15, 0.2) is 5.16 Å². The summed E-state index contributed by atoms with van der Waals surface area (Å²) in [7, 11) is 1.53. The van der Waals surface area contributed by atoms with Crippen LogP contribution in [0.4, 0.5) is 10.1 Å². The molecule has 152 valence electrons. The highest BCUT2D eigenvalue weighted by Crippen LogP contribution is 2.21. The number of ether oxygens (including phenoxy) is 1. The molecular weight excluding hydrogens is 409 g/mol. The predicted octanol–water partition coefficient (Wildman–Crippen LogP) is 2.76. The Labute approximate surface area is 174 Å². The Hall–Kier alpha value is -3.66. The molecule has 0 spiro atoms. The lowest BCUT2D eigenvalue weighted by atomic mass is 10.3. The molecule has 2 heterocycles. The fourth-order valence-corrected chi connectivity index (χ4v) is 3.59. The Kier molecular flexibility index (Phi) is 5.48. The van der Waals surface area contributed by atoms with Crippen LogP contribution in [-0.2, 0) is 4.79 Å². The van der Waals surface area contributed by atoms with Crippen LogP contribution in [0.3, 0.4) is 0 Å². The summed E-state index contributed by atoms with van der Waals surface area (Å²) in [4.78, 5) is 25.0. The molecule has 0 unspecified atom stereocenters. The number of benzene rings is 2. The summed E-state index contributed by atoms with van der Waals surface area (Å²) in [5.74, 6) is -0.195. The van der Waals surface area contributed by atoms with Gasteiger partial charge in [0.25, 0.3) is 0 Å². The molecule has 2 aromatic heterocycles. The summed E-state index contributed by atoms with van der Waals surface area (Å²) >= 11 is 1.12. The van der Waals surface area contributed by atoms with Gasteiger partial charge in [0, 0.05) is 18.1 Å². The van der Waals surface area contributed by atoms with E-state index in [1.165, 1.54) is 34.3 Å². The normalized spacial score (nSPS) is 10.9. The molecule has 0 fully saturated rings. The van der Waals surface area contributed by atoms with Crippen LogP contribution < -0.4 is 15.6 Å². The van der Waals surface area contributed by atoms with Gasteiger partial charge in [0.05, 0.1) is 18.6 Å². The number of nitrogens with zero attached hydrogens (tertiary/aromatic N) is 4. The van der Waals surface area contributed by atoms with E-state index in [0.29, 0.717) is 22.3 Å². The highest BCUT2D eigenvalue weighted by Gasteiger charge is 2.15. The third-order valence-electron chi connectivity index (χ3n) is 4.22. The van der Waals surface area contributed by atoms with Gasteiger partial charge in [-0.2, -0.15) is 0 Å². The second-order valence-electron chi connectivity index (χ2n) is 6.17. The van der Waals surface area contributed by atoms with Crippen molar-refractivity contribution in [2.24, 2.45) is 0 Å². The molecule has 10 heteroatoms. The molecule has 0 saturated heterocycles. The number of anilines is 1. The third kappa shape index (κ3) is 3.90. The second-order valence-corrected chi connectivity index (χ2v) is 7.11. The van der Waals surface area contributed by atoms with Crippen molar-refractivity contribution >= 4 is 29.0 Å². The number of fused-ring (bicyclic) bond motifs is 1. The molecule has 1 N–H and O–H groups in total. The van der Waals surface area contributed by atoms with Crippen molar-refractivity contribution in [2.75, 3.05) is 18.2 Å². The minimum Gasteiger partial charge on any atom is -0.495 e. The standard InChI is InChI=1S/C20H16FN5O3S/c1-29-16-8-3-2-7-15(16)25-9-10-26-18(19(25)28)23-24-20(26)30-12-17(27)22-14-6-4-5-13(21)11-14/h2-11H,12H2,1H3,(H,22,27). The number of aromatic nitrogens is 4. The van der Waals surface area contributed by atoms with Crippen LogP contribution in [0.25, 0.3) is 11.3 Å². The Morgan fingerprint density at radius 2 is 2.00 bits per heavy atom. The van der Waals surface area contributed by atoms with Gasteiger partial charge in [-0.25, -0.2) is 4.39 Å². The molecule has 0 atom stereocenters. The third-order valence-corrected chi connectivity index (χ3v) is 5.17. The summed E-state index contributed by atoms with van der Waals surface area (Å²) in [6, 6.07) is 12.8. The zero-order valence-electron chi connectivity index (χ0n) is 15.8. The number of amides is 1. The van der Waals surface area contributed by atoms with Crippen molar-refractivity contribution in [3.05, 3.63) is 77.1 Å². The zero-order valence-corrected chi connectivity index (χ0v) is 16.6. The van der Waals surface area contributed by atoms with Gasteiger partial charge in [-0.15, -0.1) is 10.2 Å². The van der Waals surface area contributed by atoms with Crippen molar-refractivity contribution in [3.8, 4) is 11.4 Å². The summed E-state index contributed by atoms with van der Waals surface area (Å²) < 4.78 is 21.5. The Morgan fingerprint density at radius 1 is 1.17 bits per heavy atom. The number of para-hydroxylation sites is 2. The van der Waals surface area contributed by atoms with Crippen molar-refractivity contribution in [1.29, 1.82) is 0 Å². The maximum absolute atomic E-state index is 13.2. The quantitative estimate of drug-likeness (QED) is 0.478. The van der Waals surface area contributed by atoms with Crippen LogP contribution in [0.5, 0.6) is 5.75 Å². The van der Waals surface area contributed by atoms with E-state index in [2.05, 4.69) is 15.5 Å². The molecule has 30 heavy (non-hydrogen) atoms. The van der Waals surface area contributed by atoms with E-state index < -0.39 is 5.82 Å². The average Bonchev–Trinajstić information content (AvgIpc) is 3.16. The second kappa shape index (κ2) is 8.37. The van der Waals surface area contributed by atoms with Crippen molar-refractivity contribution in [3.63, 3.8) is 0 Å². The van der Waals surface area contributed by atoms with E-state index in [-0.39, 0.29) is 22.9 Å². The first-order valence-corrected chi connectivity index (χ1v) is 9.83. The van der Waals surface area contributed by atoms with E-state index >= 15 is 0 Å². The van der Waals surface area contributed by atoms with Gasteiger partial charge in [0.2, 0.25) is 11.6 Å². The van der Waals surface area contributed by atoms with Crippen molar-refractivity contribution in [1.82, 2.24) is 19.2 Å². The van der Waals surface area contributed by atoms with E-state index in [4.69, 9.17) is 4.74 Å². The average molecular weight is 425 g/mol. The number of nitrogens with one attached hydrogen (secondary N) is 1. The highest BCUT2D eigenvalue weighted by molar-refractivity contribution is 7.99. The maximum atomic E-state index is 13.2. The molecule has 8 nitrogen and oxygen atoms in total. The summed E-state index contributed by atoms with van der Waals surface area (Å²) in [5, 5.41) is 11.0. The largest absolute Gasteiger partial charge is 0.495 e. The molecular formula is C20H16FN5O3S. The minimum atomic E-state index is -0.435. The molecule has 0 saturated carbocycles. The molecule has 0 aliphatic heterocycles. The molecule has 0 radical (unpaired) electrons. The van der Waals surface area contributed by atoms with Crippen LogP contribution in [0, 0.1) is 5.82 Å². The van der Waals surface area contributed by atoms with Gasteiger partial charge in [0.1, 0.15) is 11.6 Å². The number of rotatable bonds is 6. The fraction of sp³-hybridized carbons (Fsp3) is 0.100. The van der Waals surface area contributed by atoms with Crippen LogP contribution in [-0.4, -0.2) is 37.9 Å². The molecule has 0 aliphatic rings. The Balaban J connectivity index is 1.54. The zero-order chi connectivity index (χ0) is 21.1. The SMILES string of the molecule is COc1ccccc1-n1ccn2c(SCC(=O)Nc3cccc(F)c3)nnc2c1=O. The Morgan fingerprint density at radius 3 is 2.80 bits per heavy atom. The van der Waals surface area contributed by atoms with Gasteiger partial charge >= 0.3 is 5.56 Å². The van der Waals surface area contributed by atoms with Crippen molar-refractivity contribution < 1.29 is 13.9 Å². The lowest BCUT2D eigenvalue weighted by Crippen LogP contribution is -2.20. The lowest BCUT2D eigenvalue weighted by Gasteiger charge is -2.10. The van der Waals surface area contributed by atoms with Crippen molar-refractivity contribution in [2.45, 2.75) is 5.16 Å². The Bertz CT molecular complexity index is 1290. The predicted molar refractivity (Wildman–Crippen MR) is 111 cm³/mol. The number of carbonyl (C=O) groups excluding carboxylic acids is 1. The van der Waals surface area contributed by atoms with Gasteiger partial charge in [-0.3, -0.25) is 18.6 Å². The molecule has 2 aromatic carbocycles. The maximum Gasteiger partial charge on any atom is 0.300 e. The van der Waals surface area contributed by atoms with Crippen LogP contribution in [0.1, 0.15) is 0 Å². The van der Waals surface area contributed by atoms with E-state index in [0.717, 1.165) is 11.8 Å². The first kappa shape index (κ1) is 19.6. The van der Waals surface area contributed by atoms with E-state index in [1.54, 1.807) is 36.7 Å². The summed E-state index contributed by atoms with van der Waals surface area (Å²) in [6.45, 7) is 0. The monoisotopic (exact) mass is 425 g/mol. The first-order chi connectivity index (χ1) is 14.6. The topological polar surface area (TPSA) is 90.5 Å². The smallest absolute Gasteiger partial charge is 0.300 e. The first-order valence-electron chi connectivity index (χ1n) is 8.85. The van der Waals surface area contributed by atoms with E-state index in [1.807, 2.05) is 6.07 Å².